The lowest BCUT2D eigenvalue weighted by Crippen LogP contribution is -2.56. The minimum absolute atomic E-state index is 0.0875. The maximum atomic E-state index is 13.9. The first-order valence-corrected chi connectivity index (χ1v) is 11.4. The third-order valence-corrected chi connectivity index (χ3v) is 7.23. The number of nitrogens with zero attached hydrogens (tertiary/aromatic N) is 1. The molecule has 1 saturated carbocycles. The van der Waals surface area contributed by atoms with Crippen LogP contribution in [0.3, 0.4) is 0 Å². The molecule has 2 aromatic rings. The van der Waals surface area contributed by atoms with Gasteiger partial charge in [0.25, 0.3) is 5.91 Å². The molecule has 3 atom stereocenters. The third-order valence-electron chi connectivity index (χ3n) is 7.23. The van der Waals surface area contributed by atoms with E-state index in [9.17, 15) is 9.90 Å². The Balaban J connectivity index is 1.81. The molecule has 0 unspecified atom stereocenters. The predicted molar refractivity (Wildman–Crippen MR) is 124 cm³/mol. The molecule has 1 amide bonds. The average molecular weight is 456 g/mol. The van der Waals surface area contributed by atoms with Crippen molar-refractivity contribution in [3.8, 4) is 23.0 Å². The number of methoxy groups -OCH3 is 4. The maximum Gasteiger partial charge on any atom is 0.258 e. The van der Waals surface area contributed by atoms with E-state index in [-0.39, 0.29) is 17.9 Å². The van der Waals surface area contributed by atoms with Crippen molar-refractivity contribution < 1.29 is 28.8 Å². The highest BCUT2D eigenvalue weighted by Gasteiger charge is 2.51. The average Bonchev–Trinajstić information content (AvgIpc) is 2.86. The largest absolute Gasteiger partial charge is 0.497 e. The Bertz CT molecular complexity index is 1010. The van der Waals surface area contributed by atoms with Crippen LogP contribution in [-0.2, 0) is 0 Å². The first kappa shape index (κ1) is 23.2. The fourth-order valence-electron chi connectivity index (χ4n) is 5.49. The third kappa shape index (κ3) is 4.22. The minimum Gasteiger partial charge on any atom is -0.497 e. The molecule has 0 spiro atoms. The van der Waals surface area contributed by atoms with E-state index in [1.165, 1.54) is 0 Å². The number of hydrogen-bond acceptors (Lipinski definition) is 6. The van der Waals surface area contributed by atoms with Gasteiger partial charge in [0.1, 0.15) is 23.0 Å². The summed E-state index contributed by atoms with van der Waals surface area (Å²) in [6, 6.07) is 10.6. The molecular weight excluding hydrogens is 422 g/mol. The zero-order valence-corrected chi connectivity index (χ0v) is 19.8. The van der Waals surface area contributed by atoms with Gasteiger partial charge in [-0.25, -0.2) is 0 Å². The molecule has 1 N–H and O–H groups in total. The Morgan fingerprint density at radius 1 is 0.909 bits per heavy atom. The van der Waals surface area contributed by atoms with E-state index in [2.05, 4.69) is 0 Å². The molecule has 0 aromatic heterocycles. The standard InChI is InChI=1S/C26H33NO6/c1-30-17-8-10-19(22(15-17)32-3)24-21-7-5-6-12-26(21,29)13-14-27(24)25(28)20-11-9-18(31-2)16-23(20)33-4/h8-11,15-16,21,24,29H,5-7,12-14H2,1-4H3/t21-,24+,26+/m1/s1. The predicted octanol–water partition coefficient (Wildman–Crippen LogP) is 4.23. The normalized spacial score (nSPS) is 24.6. The number of fused-ring (bicyclic) bond motifs is 1. The van der Waals surface area contributed by atoms with Gasteiger partial charge in [0.05, 0.1) is 45.6 Å². The summed E-state index contributed by atoms with van der Waals surface area (Å²) in [4.78, 5) is 15.8. The van der Waals surface area contributed by atoms with Crippen LogP contribution in [0.5, 0.6) is 23.0 Å². The van der Waals surface area contributed by atoms with Gasteiger partial charge >= 0.3 is 0 Å². The second-order valence-electron chi connectivity index (χ2n) is 8.82. The SMILES string of the molecule is COc1ccc(C(=O)N2CC[C@@]3(O)CCCC[C@@H]3[C@@H]2c2ccc(OC)cc2OC)c(OC)c1. The van der Waals surface area contributed by atoms with Crippen LogP contribution in [-0.4, -0.2) is 56.5 Å². The van der Waals surface area contributed by atoms with Crippen molar-refractivity contribution in [3.63, 3.8) is 0 Å². The number of rotatable bonds is 6. The monoisotopic (exact) mass is 455 g/mol. The highest BCUT2D eigenvalue weighted by molar-refractivity contribution is 5.97. The summed E-state index contributed by atoms with van der Waals surface area (Å²) < 4.78 is 21.9. The second kappa shape index (κ2) is 9.51. The molecular formula is C26H33NO6. The van der Waals surface area contributed by atoms with Gasteiger partial charge in [0, 0.05) is 30.2 Å². The number of piperidine rings is 1. The zero-order valence-electron chi connectivity index (χ0n) is 19.8. The molecule has 7 heteroatoms. The Hall–Kier alpha value is -2.93. The van der Waals surface area contributed by atoms with Crippen LogP contribution in [0.25, 0.3) is 0 Å². The molecule has 4 rings (SSSR count). The van der Waals surface area contributed by atoms with Crippen LogP contribution in [0.15, 0.2) is 36.4 Å². The van der Waals surface area contributed by atoms with Gasteiger partial charge in [-0.3, -0.25) is 4.79 Å². The first-order chi connectivity index (χ1) is 16.0. The van der Waals surface area contributed by atoms with E-state index in [1.807, 2.05) is 23.1 Å². The lowest BCUT2D eigenvalue weighted by molar-refractivity contribution is -0.115. The summed E-state index contributed by atoms with van der Waals surface area (Å²) in [6.45, 7) is 0.445. The van der Waals surface area contributed by atoms with Crippen molar-refractivity contribution in [2.24, 2.45) is 5.92 Å². The molecule has 2 fully saturated rings. The molecule has 1 aliphatic heterocycles. The molecule has 0 radical (unpaired) electrons. The van der Waals surface area contributed by atoms with Crippen molar-refractivity contribution in [3.05, 3.63) is 47.5 Å². The van der Waals surface area contributed by atoms with Crippen molar-refractivity contribution >= 4 is 5.91 Å². The number of carbonyl (C=O) groups is 1. The molecule has 1 saturated heterocycles. The Morgan fingerprint density at radius 3 is 2.24 bits per heavy atom. The van der Waals surface area contributed by atoms with E-state index < -0.39 is 5.60 Å². The van der Waals surface area contributed by atoms with E-state index in [1.54, 1.807) is 46.6 Å². The number of carbonyl (C=O) groups excluding carboxylic acids is 1. The molecule has 1 heterocycles. The lowest BCUT2D eigenvalue weighted by atomic mass is 9.66. The van der Waals surface area contributed by atoms with Gasteiger partial charge in [0.2, 0.25) is 0 Å². The quantitative estimate of drug-likeness (QED) is 0.703. The Morgan fingerprint density at radius 2 is 1.58 bits per heavy atom. The number of hydrogen-bond donors (Lipinski definition) is 1. The van der Waals surface area contributed by atoms with E-state index in [4.69, 9.17) is 18.9 Å². The Labute approximate surface area is 195 Å². The topological polar surface area (TPSA) is 77.5 Å². The van der Waals surface area contributed by atoms with Crippen molar-refractivity contribution in [2.75, 3.05) is 35.0 Å². The Kier molecular flexibility index (Phi) is 6.70. The van der Waals surface area contributed by atoms with Gasteiger partial charge in [-0.2, -0.15) is 0 Å². The first-order valence-electron chi connectivity index (χ1n) is 11.4. The number of likely N-dealkylation sites (tertiary alicyclic amines) is 1. The summed E-state index contributed by atoms with van der Waals surface area (Å²) in [6.07, 6.45) is 4.17. The van der Waals surface area contributed by atoms with Crippen molar-refractivity contribution in [1.82, 2.24) is 4.90 Å². The van der Waals surface area contributed by atoms with Gasteiger partial charge in [0.15, 0.2) is 0 Å². The van der Waals surface area contributed by atoms with E-state index in [0.717, 1.165) is 31.2 Å². The van der Waals surface area contributed by atoms with Gasteiger partial charge < -0.3 is 29.0 Å². The molecule has 1 aliphatic carbocycles. The van der Waals surface area contributed by atoms with Crippen LogP contribution in [0.2, 0.25) is 0 Å². The van der Waals surface area contributed by atoms with Crippen LogP contribution in [0, 0.1) is 5.92 Å². The number of benzene rings is 2. The smallest absolute Gasteiger partial charge is 0.258 e. The molecule has 2 aliphatic rings. The van der Waals surface area contributed by atoms with Gasteiger partial charge in [-0.1, -0.05) is 12.8 Å². The maximum absolute atomic E-state index is 13.9. The van der Waals surface area contributed by atoms with Crippen LogP contribution in [0.1, 0.15) is 54.1 Å². The van der Waals surface area contributed by atoms with Gasteiger partial charge in [-0.05, 0) is 43.5 Å². The summed E-state index contributed by atoms with van der Waals surface area (Å²) in [5, 5.41) is 11.6. The second-order valence-corrected chi connectivity index (χ2v) is 8.82. The highest BCUT2D eigenvalue weighted by Crippen LogP contribution is 2.51. The van der Waals surface area contributed by atoms with Crippen molar-refractivity contribution in [2.45, 2.75) is 43.7 Å². The molecule has 2 aromatic carbocycles. The number of aliphatic hydroxyl groups is 1. The lowest BCUT2D eigenvalue weighted by Gasteiger charge is -2.52. The molecule has 0 bridgehead atoms. The molecule has 33 heavy (non-hydrogen) atoms. The fraction of sp³-hybridized carbons (Fsp3) is 0.500. The molecule has 7 nitrogen and oxygen atoms in total. The van der Waals surface area contributed by atoms with E-state index >= 15 is 0 Å². The summed E-state index contributed by atoms with van der Waals surface area (Å²) in [5.74, 6) is 2.19. The van der Waals surface area contributed by atoms with Crippen LogP contribution in [0.4, 0.5) is 0 Å². The summed E-state index contributed by atoms with van der Waals surface area (Å²) in [5.41, 5.74) is 0.551. The molecule has 178 valence electrons. The summed E-state index contributed by atoms with van der Waals surface area (Å²) in [7, 11) is 6.36. The highest BCUT2D eigenvalue weighted by atomic mass is 16.5. The van der Waals surface area contributed by atoms with Crippen LogP contribution >= 0.6 is 0 Å². The van der Waals surface area contributed by atoms with Gasteiger partial charge in [-0.15, -0.1) is 0 Å². The number of amides is 1. The number of ether oxygens (including phenoxy) is 4. The minimum atomic E-state index is -0.797. The summed E-state index contributed by atoms with van der Waals surface area (Å²) >= 11 is 0. The van der Waals surface area contributed by atoms with Crippen molar-refractivity contribution in [1.29, 1.82) is 0 Å². The van der Waals surface area contributed by atoms with Crippen LogP contribution < -0.4 is 18.9 Å². The zero-order chi connectivity index (χ0) is 23.6. The van der Waals surface area contributed by atoms with E-state index in [0.29, 0.717) is 41.5 Å². The fourth-order valence-corrected chi connectivity index (χ4v) is 5.49.